The van der Waals surface area contributed by atoms with Crippen molar-refractivity contribution in [1.29, 1.82) is 0 Å². The van der Waals surface area contributed by atoms with Gasteiger partial charge >= 0.3 is 7.60 Å². The van der Waals surface area contributed by atoms with Gasteiger partial charge in [0.15, 0.2) is 0 Å². The average Bonchev–Trinajstić information content (AvgIpc) is 2.10. The molecule has 0 heterocycles. The minimum absolute atomic E-state index is 0.187. The van der Waals surface area contributed by atoms with Gasteiger partial charge in [0.25, 0.3) is 0 Å². The summed E-state index contributed by atoms with van der Waals surface area (Å²) in [6.07, 6.45) is 3.51. The molecule has 0 saturated heterocycles. The Balaban J connectivity index is 3.48. The van der Waals surface area contributed by atoms with Gasteiger partial charge in [-0.05, 0) is 23.8 Å². The van der Waals surface area contributed by atoms with Crippen LogP contribution in [0.15, 0.2) is 23.5 Å². The van der Waals surface area contributed by atoms with E-state index in [0.717, 1.165) is 0 Å². The minimum Gasteiger partial charge on any atom is -0.511 e. The fourth-order valence-corrected chi connectivity index (χ4v) is 3.02. The van der Waals surface area contributed by atoms with E-state index in [2.05, 4.69) is 0 Å². The van der Waals surface area contributed by atoms with Crippen LogP contribution in [0.4, 0.5) is 0 Å². The van der Waals surface area contributed by atoms with E-state index in [1.54, 1.807) is 19.1 Å². The molecule has 0 saturated carbocycles. The maximum absolute atomic E-state index is 11.7. The summed E-state index contributed by atoms with van der Waals surface area (Å²) in [4.78, 5) is 19.0. The van der Waals surface area contributed by atoms with E-state index in [1.165, 1.54) is 6.92 Å². The molecule has 0 fully saturated rings. The molecule has 2 unspecified atom stereocenters. The lowest BCUT2D eigenvalue weighted by atomic mass is 9.76. The van der Waals surface area contributed by atoms with Crippen molar-refractivity contribution in [3.05, 3.63) is 23.5 Å². The molecule has 98 valence electrons. The Hall–Kier alpha value is -0.570. The van der Waals surface area contributed by atoms with Crippen LogP contribution >= 0.6 is 7.60 Å². The van der Waals surface area contributed by atoms with Gasteiger partial charge in [-0.25, -0.2) is 0 Å². The largest absolute Gasteiger partial charge is 0.511 e. The second kappa shape index (κ2) is 3.98. The maximum atomic E-state index is 11.7. The molecule has 1 aliphatic rings. The van der Waals surface area contributed by atoms with Crippen LogP contribution in [0.3, 0.4) is 0 Å². The molecule has 0 amide bonds. The van der Waals surface area contributed by atoms with Crippen molar-refractivity contribution >= 4 is 7.60 Å². The molecule has 0 aromatic heterocycles. The molecule has 0 spiro atoms. The van der Waals surface area contributed by atoms with Gasteiger partial charge in [-0.15, -0.1) is 0 Å². The molecule has 17 heavy (non-hydrogen) atoms. The monoisotopic (exact) mass is 260 g/mol. The zero-order chi connectivity index (χ0) is 13.6. The van der Waals surface area contributed by atoms with Gasteiger partial charge in [-0.3, -0.25) is 4.57 Å². The summed E-state index contributed by atoms with van der Waals surface area (Å²) in [5, 5.41) is 8.74. The number of aliphatic hydroxyl groups is 1. The molecule has 3 N–H and O–H groups in total. The number of hydrogen-bond donors (Lipinski definition) is 3. The van der Waals surface area contributed by atoms with E-state index in [-0.39, 0.29) is 11.2 Å². The average molecular weight is 260 g/mol. The number of hydrogen-bond acceptors (Lipinski definition) is 2. The number of rotatable bonds is 1. The fourth-order valence-electron chi connectivity index (χ4n) is 2.00. The number of allylic oxidation sites excluding steroid dienone is 4. The van der Waals surface area contributed by atoms with E-state index < -0.39 is 18.7 Å². The first-order valence-electron chi connectivity index (χ1n) is 5.60. The van der Waals surface area contributed by atoms with Crippen LogP contribution in [0.1, 0.15) is 34.6 Å². The van der Waals surface area contributed by atoms with Crippen molar-refractivity contribution in [3.63, 3.8) is 0 Å². The van der Waals surface area contributed by atoms with Crippen molar-refractivity contribution in [2.24, 2.45) is 11.3 Å². The van der Waals surface area contributed by atoms with Crippen LogP contribution in [0.25, 0.3) is 0 Å². The third-order valence-electron chi connectivity index (χ3n) is 3.59. The molecule has 0 aliphatic heterocycles. The normalized spacial score (nSPS) is 30.9. The highest BCUT2D eigenvalue weighted by Gasteiger charge is 2.52. The summed E-state index contributed by atoms with van der Waals surface area (Å²) in [5.74, 6) is -0.595. The van der Waals surface area contributed by atoms with Crippen molar-refractivity contribution in [2.45, 2.75) is 39.8 Å². The predicted octanol–water partition coefficient (Wildman–Crippen LogP) is 2.99. The molecular weight excluding hydrogens is 239 g/mol. The maximum Gasteiger partial charge on any atom is 0.339 e. The van der Waals surface area contributed by atoms with Crippen molar-refractivity contribution in [2.75, 3.05) is 0 Å². The van der Waals surface area contributed by atoms with Gasteiger partial charge in [0.2, 0.25) is 0 Å². The molecule has 1 rings (SSSR count). The van der Waals surface area contributed by atoms with Gasteiger partial charge in [0.1, 0.15) is 10.9 Å². The Morgan fingerprint density at radius 3 is 2.18 bits per heavy atom. The van der Waals surface area contributed by atoms with E-state index in [0.29, 0.717) is 5.57 Å². The first-order valence-corrected chi connectivity index (χ1v) is 7.21. The molecule has 1 aliphatic carbocycles. The summed E-state index contributed by atoms with van der Waals surface area (Å²) < 4.78 is 11.7. The van der Waals surface area contributed by atoms with E-state index in [9.17, 15) is 19.5 Å². The minimum atomic E-state index is -4.43. The summed E-state index contributed by atoms with van der Waals surface area (Å²) in [5.41, 5.74) is 0.235. The zero-order valence-electron chi connectivity index (χ0n) is 10.9. The van der Waals surface area contributed by atoms with Gasteiger partial charge in [0, 0.05) is 0 Å². The van der Waals surface area contributed by atoms with E-state index in [1.807, 2.05) is 20.8 Å². The lowest BCUT2D eigenvalue weighted by molar-refractivity contribution is 0.252. The third kappa shape index (κ3) is 2.22. The summed E-state index contributed by atoms with van der Waals surface area (Å²) in [6, 6.07) is 0. The van der Waals surface area contributed by atoms with E-state index >= 15 is 0 Å². The molecule has 0 aromatic rings. The molecule has 4 nitrogen and oxygen atoms in total. The number of aliphatic hydroxyl groups excluding tert-OH is 1. The molecule has 2 atom stereocenters. The lowest BCUT2D eigenvalue weighted by Crippen LogP contribution is -2.38. The van der Waals surface area contributed by atoms with E-state index in [4.69, 9.17) is 0 Å². The summed E-state index contributed by atoms with van der Waals surface area (Å²) in [6.45, 7) is 8.82. The highest BCUT2D eigenvalue weighted by molar-refractivity contribution is 7.53. The van der Waals surface area contributed by atoms with Gasteiger partial charge in [-0.1, -0.05) is 39.8 Å². The Labute approximate surface area is 102 Å². The second-order valence-corrected chi connectivity index (χ2v) is 7.87. The Bertz CT molecular complexity index is 424. The molecule has 0 bridgehead atoms. The first kappa shape index (κ1) is 14.5. The molecule has 0 aromatic carbocycles. The molecule has 0 radical (unpaired) electrons. The standard InChI is InChI=1S/C12H21O4P/c1-8-6-7-9(11(2,3)4)10(13)12(8,5)17(14,15)16/h6-8,13H,1-5H3,(H2,14,15,16). The topological polar surface area (TPSA) is 77.8 Å². The predicted molar refractivity (Wildman–Crippen MR) is 67.9 cm³/mol. The molecule has 5 heteroatoms. The van der Waals surface area contributed by atoms with Crippen LogP contribution in [-0.2, 0) is 4.57 Å². The Morgan fingerprint density at radius 1 is 1.35 bits per heavy atom. The van der Waals surface area contributed by atoms with Crippen LogP contribution in [-0.4, -0.2) is 20.0 Å². The van der Waals surface area contributed by atoms with Gasteiger partial charge in [0.05, 0.1) is 0 Å². The van der Waals surface area contributed by atoms with Crippen LogP contribution in [0.5, 0.6) is 0 Å². The van der Waals surface area contributed by atoms with Crippen LogP contribution < -0.4 is 0 Å². The van der Waals surface area contributed by atoms with Crippen LogP contribution in [0, 0.1) is 11.3 Å². The first-order chi connectivity index (χ1) is 7.42. The highest BCUT2D eigenvalue weighted by atomic mass is 31.2. The smallest absolute Gasteiger partial charge is 0.339 e. The van der Waals surface area contributed by atoms with Gasteiger partial charge < -0.3 is 14.9 Å². The van der Waals surface area contributed by atoms with Gasteiger partial charge in [-0.2, -0.15) is 0 Å². The lowest BCUT2D eigenvalue weighted by Gasteiger charge is -2.39. The van der Waals surface area contributed by atoms with Crippen LogP contribution in [0.2, 0.25) is 0 Å². The Kier molecular flexibility index (Phi) is 3.39. The van der Waals surface area contributed by atoms with Crippen molar-refractivity contribution < 1.29 is 19.5 Å². The summed E-state index contributed by atoms with van der Waals surface area (Å²) in [7, 11) is -4.43. The Morgan fingerprint density at radius 2 is 1.82 bits per heavy atom. The zero-order valence-corrected chi connectivity index (χ0v) is 11.8. The molecular formula is C12H21O4P. The van der Waals surface area contributed by atoms with Crippen molar-refractivity contribution in [3.8, 4) is 0 Å². The third-order valence-corrected chi connectivity index (χ3v) is 5.42. The quantitative estimate of drug-likeness (QED) is 0.633. The summed E-state index contributed by atoms with van der Waals surface area (Å²) >= 11 is 0. The highest BCUT2D eigenvalue weighted by Crippen LogP contribution is 2.60. The second-order valence-electron chi connectivity index (χ2n) is 5.85. The van der Waals surface area contributed by atoms with Crippen molar-refractivity contribution in [1.82, 2.24) is 0 Å². The SMILES string of the molecule is CC1C=CC(C(C)(C)C)=C(O)C1(C)P(=O)(O)O. The fraction of sp³-hybridized carbons (Fsp3) is 0.667.